The number of pyridine rings is 1. The van der Waals surface area contributed by atoms with Gasteiger partial charge in [0.05, 0.1) is 42.0 Å². The average molecular weight is 490 g/mol. The molecule has 0 bridgehead atoms. The number of hydrogen-bond donors (Lipinski definition) is 3. The fourth-order valence-electron chi connectivity index (χ4n) is 4.87. The van der Waals surface area contributed by atoms with Gasteiger partial charge in [-0.25, -0.2) is 14.1 Å². The van der Waals surface area contributed by atoms with Crippen molar-refractivity contribution in [1.82, 2.24) is 30.0 Å². The summed E-state index contributed by atoms with van der Waals surface area (Å²) in [5.74, 6) is 0.853. The molecule has 3 N–H and O–H groups in total. The highest BCUT2D eigenvalue weighted by molar-refractivity contribution is 6.06. The zero-order valence-electron chi connectivity index (χ0n) is 19.5. The summed E-state index contributed by atoms with van der Waals surface area (Å²) in [6.07, 6.45) is 7.27. The second kappa shape index (κ2) is 8.99. The number of aromatic amines is 1. The van der Waals surface area contributed by atoms with Crippen LogP contribution in [0.15, 0.2) is 43.0 Å². The van der Waals surface area contributed by atoms with E-state index in [0.29, 0.717) is 48.0 Å². The molecular weight excluding hydrogens is 465 g/mol. The fourth-order valence-corrected chi connectivity index (χ4v) is 4.87. The van der Waals surface area contributed by atoms with Crippen molar-refractivity contribution >= 4 is 17.3 Å². The number of hydrogen-bond acceptors (Lipinski definition) is 7. The van der Waals surface area contributed by atoms with Gasteiger partial charge in [-0.1, -0.05) is 6.07 Å². The van der Waals surface area contributed by atoms with Gasteiger partial charge in [0.25, 0.3) is 5.91 Å². The van der Waals surface area contributed by atoms with Crippen LogP contribution in [-0.4, -0.2) is 50.9 Å². The predicted molar refractivity (Wildman–Crippen MR) is 129 cm³/mol. The van der Waals surface area contributed by atoms with Crippen molar-refractivity contribution in [2.24, 2.45) is 0 Å². The number of H-pyrrole nitrogens is 1. The first-order valence-electron chi connectivity index (χ1n) is 11.7. The largest absolute Gasteiger partial charge is 0.492 e. The monoisotopic (exact) mass is 489 g/mol. The molecule has 3 aromatic heterocycles. The maximum absolute atomic E-state index is 14.4. The smallest absolute Gasteiger partial charge is 0.255 e. The maximum atomic E-state index is 14.4. The molecular formula is C25H24FN7O3. The number of benzene rings is 1. The van der Waals surface area contributed by atoms with Gasteiger partial charge in [-0.3, -0.25) is 9.78 Å². The van der Waals surface area contributed by atoms with E-state index in [0.717, 1.165) is 29.9 Å². The highest BCUT2D eigenvalue weighted by Gasteiger charge is 2.30. The van der Waals surface area contributed by atoms with Crippen LogP contribution in [0.4, 0.5) is 15.8 Å². The molecule has 0 spiro atoms. The van der Waals surface area contributed by atoms with E-state index >= 15 is 0 Å². The molecule has 0 unspecified atom stereocenters. The van der Waals surface area contributed by atoms with Crippen molar-refractivity contribution < 1.29 is 18.7 Å². The fraction of sp³-hybridized carbons (Fsp3) is 0.280. The molecule has 0 saturated heterocycles. The Bertz CT molecular complexity index is 1450. The summed E-state index contributed by atoms with van der Waals surface area (Å²) in [6.45, 7) is 0.923. The van der Waals surface area contributed by atoms with Gasteiger partial charge in [-0.05, 0) is 24.6 Å². The Morgan fingerprint density at radius 1 is 1.28 bits per heavy atom. The Labute approximate surface area is 205 Å². The number of aryl methyl sites for hydroxylation is 1. The lowest BCUT2D eigenvalue weighted by molar-refractivity contribution is 0.0947. The van der Waals surface area contributed by atoms with E-state index in [4.69, 9.17) is 9.47 Å². The molecule has 5 heterocycles. The number of anilines is 2. The van der Waals surface area contributed by atoms with E-state index in [1.807, 2.05) is 10.7 Å². The number of para-hydroxylation sites is 1. The standard InChI is InChI=1S/C25H24FN7O3/c1-35-24-16(26)3-2-4-18(24)32-23-21-17(8-10-28-25(21)34)31-22(23)15-7-9-27-11-19(15)36-12-14-5-6-20-29-13-30-33(14)20/h2-4,7,9,11,13-14,31-32H,5-6,8,10,12H2,1H3,(H,28,34)/t14-/m0/s1. The summed E-state index contributed by atoms with van der Waals surface area (Å²) in [7, 11) is 1.40. The third kappa shape index (κ3) is 3.72. The number of nitrogens with one attached hydrogen (secondary N) is 3. The van der Waals surface area contributed by atoms with E-state index in [9.17, 15) is 9.18 Å². The van der Waals surface area contributed by atoms with Crippen molar-refractivity contribution in [1.29, 1.82) is 0 Å². The Balaban J connectivity index is 1.39. The lowest BCUT2D eigenvalue weighted by Crippen LogP contribution is -2.31. The minimum Gasteiger partial charge on any atom is -0.492 e. The molecule has 0 saturated carbocycles. The normalized spacial score (nSPS) is 16.3. The number of nitrogens with zero attached hydrogens (tertiary/aromatic N) is 4. The number of methoxy groups -OCH3 is 1. The molecule has 2 aliphatic rings. The summed E-state index contributed by atoms with van der Waals surface area (Å²) in [6, 6.07) is 6.51. The lowest BCUT2D eigenvalue weighted by atomic mass is 10.0. The molecule has 11 heteroatoms. The second-order valence-electron chi connectivity index (χ2n) is 8.68. The Morgan fingerprint density at radius 3 is 3.08 bits per heavy atom. The van der Waals surface area contributed by atoms with Crippen LogP contribution in [0.3, 0.4) is 0 Å². The Morgan fingerprint density at radius 2 is 2.19 bits per heavy atom. The number of fused-ring (bicyclic) bond motifs is 2. The van der Waals surface area contributed by atoms with E-state index < -0.39 is 5.82 Å². The maximum Gasteiger partial charge on any atom is 0.255 e. The lowest BCUT2D eigenvalue weighted by Gasteiger charge is -2.18. The highest BCUT2D eigenvalue weighted by atomic mass is 19.1. The van der Waals surface area contributed by atoms with Gasteiger partial charge < -0.3 is 25.1 Å². The van der Waals surface area contributed by atoms with Crippen LogP contribution in [0, 0.1) is 5.82 Å². The zero-order valence-corrected chi connectivity index (χ0v) is 19.5. The number of halogens is 1. The van der Waals surface area contributed by atoms with Crippen molar-refractivity contribution in [2.45, 2.75) is 25.3 Å². The van der Waals surface area contributed by atoms with Crippen LogP contribution in [-0.2, 0) is 12.8 Å². The van der Waals surface area contributed by atoms with Crippen molar-refractivity contribution in [3.05, 3.63) is 65.9 Å². The summed E-state index contributed by atoms with van der Waals surface area (Å²) < 4.78 is 27.9. The Hall–Kier alpha value is -4.41. The van der Waals surface area contributed by atoms with Gasteiger partial charge in [0.15, 0.2) is 11.6 Å². The molecule has 0 aliphatic carbocycles. The van der Waals surface area contributed by atoms with E-state index in [2.05, 4.69) is 30.7 Å². The molecule has 0 radical (unpaired) electrons. The first kappa shape index (κ1) is 22.1. The molecule has 4 aromatic rings. The van der Waals surface area contributed by atoms with Gasteiger partial charge in [-0.15, -0.1) is 0 Å². The Kier molecular flexibility index (Phi) is 5.51. The topological polar surface area (TPSA) is 119 Å². The first-order valence-corrected chi connectivity index (χ1v) is 11.7. The summed E-state index contributed by atoms with van der Waals surface area (Å²) in [5.41, 5.74) is 3.56. The van der Waals surface area contributed by atoms with E-state index in [-0.39, 0.29) is 17.7 Å². The number of carbonyl (C=O) groups is 1. The molecule has 0 fully saturated rings. The van der Waals surface area contributed by atoms with Gasteiger partial charge in [0.2, 0.25) is 0 Å². The molecule has 1 atom stereocenters. The number of ether oxygens (including phenoxy) is 2. The van der Waals surface area contributed by atoms with Crippen molar-refractivity contribution in [3.63, 3.8) is 0 Å². The molecule has 1 aromatic carbocycles. The van der Waals surface area contributed by atoms with Crippen molar-refractivity contribution in [3.8, 4) is 22.8 Å². The molecule has 6 rings (SSSR count). The molecule has 184 valence electrons. The SMILES string of the molecule is COc1c(F)cccc1Nc1c(-c2ccncc2OC[C@@H]2CCc3ncnn32)[nH]c2c1C(=O)NCC2. The van der Waals surface area contributed by atoms with Crippen LogP contribution < -0.4 is 20.1 Å². The highest BCUT2D eigenvalue weighted by Crippen LogP contribution is 2.42. The summed E-state index contributed by atoms with van der Waals surface area (Å²) in [5, 5.41) is 10.5. The number of rotatable bonds is 7. The molecule has 2 aliphatic heterocycles. The molecule has 36 heavy (non-hydrogen) atoms. The van der Waals surface area contributed by atoms with E-state index in [1.54, 1.807) is 30.9 Å². The van der Waals surface area contributed by atoms with Gasteiger partial charge in [-0.2, -0.15) is 5.10 Å². The minimum absolute atomic E-state index is 0.0608. The molecule has 10 nitrogen and oxygen atoms in total. The zero-order chi connectivity index (χ0) is 24.6. The van der Waals surface area contributed by atoms with Gasteiger partial charge in [0.1, 0.15) is 24.5 Å². The van der Waals surface area contributed by atoms with Crippen LogP contribution in [0.5, 0.6) is 11.5 Å². The number of aromatic nitrogens is 5. The molecule has 1 amide bonds. The van der Waals surface area contributed by atoms with Gasteiger partial charge in [0, 0.05) is 36.8 Å². The van der Waals surface area contributed by atoms with Crippen LogP contribution in [0.25, 0.3) is 11.3 Å². The first-order chi connectivity index (χ1) is 17.6. The summed E-state index contributed by atoms with van der Waals surface area (Å²) >= 11 is 0. The number of amides is 1. The third-order valence-electron chi connectivity index (χ3n) is 6.58. The second-order valence-corrected chi connectivity index (χ2v) is 8.68. The van der Waals surface area contributed by atoms with Crippen LogP contribution in [0.2, 0.25) is 0 Å². The number of carbonyl (C=O) groups excluding carboxylic acids is 1. The third-order valence-corrected chi connectivity index (χ3v) is 6.58. The van der Waals surface area contributed by atoms with Crippen molar-refractivity contribution in [2.75, 3.05) is 25.6 Å². The summed E-state index contributed by atoms with van der Waals surface area (Å²) in [4.78, 5) is 24.8. The minimum atomic E-state index is -0.505. The quantitative estimate of drug-likeness (QED) is 0.364. The van der Waals surface area contributed by atoms with Gasteiger partial charge >= 0.3 is 0 Å². The predicted octanol–water partition coefficient (Wildman–Crippen LogP) is 3.41. The average Bonchev–Trinajstić information content (AvgIpc) is 3.59. The van der Waals surface area contributed by atoms with Crippen LogP contribution in [0.1, 0.15) is 34.3 Å². The van der Waals surface area contributed by atoms with Crippen LogP contribution >= 0.6 is 0 Å². The van der Waals surface area contributed by atoms with E-state index in [1.165, 1.54) is 13.2 Å².